The number of carbonyl (C=O) groups is 2. The van der Waals surface area contributed by atoms with Crippen LogP contribution in [-0.2, 0) is 9.53 Å². The summed E-state index contributed by atoms with van der Waals surface area (Å²) in [7, 11) is 0. The molecule has 0 N–H and O–H groups in total. The molecule has 1 saturated carbocycles. The summed E-state index contributed by atoms with van der Waals surface area (Å²) in [6.45, 7) is 6.41. The second kappa shape index (κ2) is 7.64. The Kier molecular flexibility index (Phi) is 5.49. The normalized spacial score (nSPS) is 21.0. The molecule has 0 unspecified atom stereocenters. The zero-order valence-electron chi connectivity index (χ0n) is 16.0. The number of pyridine rings is 1. The molecule has 1 aromatic heterocycles. The van der Waals surface area contributed by atoms with Gasteiger partial charge < -0.3 is 9.64 Å². The lowest BCUT2D eigenvalue weighted by Crippen LogP contribution is -2.47. The maximum absolute atomic E-state index is 12.7. The fourth-order valence-corrected chi connectivity index (χ4v) is 3.56. The molecule has 0 radical (unpaired) electrons. The Morgan fingerprint density at radius 3 is 2.54 bits per heavy atom. The van der Waals surface area contributed by atoms with Gasteiger partial charge in [-0.2, -0.15) is 0 Å². The first-order valence-corrected chi connectivity index (χ1v) is 9.58. The standard InChI is InChI=1S/C20H29N3O3/c1-20(2,3)26-19(25)23(16-7-6-8-16)18-11-10-15(13-21-18)17-9-4-5-12-22(17)14-24/h10-11,13-14,16-17H,4-9,12H2,1-3H3/t17-/m1/s1. The summed E-state index contributed by atoms with van der Waals surface area (Å²) in [5, 5.41) is 0. The van der Waals surface area contributed by atoms with Crippen molar-refractivity contribution in [2.75, 3.05) is 11.4 Å². The Morgan fingerprint density at radius 2 is 2.00 bits per heavy atom. The van der Waals surface area contributed by atoms with Crippen LogP contribution in [0.15, 0.2) is 18.3 Å². The fraction of sp³-hybridized carbons (Fsp3) is 0.650. The van der Waals surface area contributed by atoms with Gasteiger partial charge in [-0.3, -0.25) is 9.69 Å². The summed E-state index contributed by atoms with van der Waals surface area (Å²) in [6, 6.07) is 4.12. The quantitative estimate of drug-likeness (QED) is 0.761. The highest BCUT2D eigenvalue weighted by molar-refractivity contribution is 5.87. The topological polar surface area (TPSA) is 62.7 Å². The van der Waals surface area contributed by atoms with Crippen LogP contribution in [0.4, 0.5) is 10.6 Å². The van der Waals surface area contributed by atoms with E-state index in [4.69, 9.17) is 4.74 Å². The number of ether oxygens (including phenoxy) is 1. The summed E-state index contributed by atoms with van der Waals surface area (Å²) >= 11 is 0. The van der Waals surface area contributed by atoms with Crippen molar-refractivity contribution in [2.24, 2.45) is 0 Å². The summed E-state index contributed by atoms with van der Waals surface area (Å²) in [5.74, 6) is 0.626. The Balaban J connectivity index is 1.79. The van der Waals surface area contributed by atoms with Gasteiger partial charge in [0.25, 0.3) is 0 Å². The third-order valence-corrected chi connectivity index (χ3v) is 5.11. The van der Waals surface area contributed by atoms with E-state index in [0.717, 1.165) is 57.0 Å². The highest BCUT2D eigenvalue weighted by atomic mass is 16.6. The van der Waals surface area contributed by atoms with Crippen molar-refractivity contribution in [3.05, 3.63) is 23.9 Å². The van der Waals surface area contributed by atoms with Crippen LogP contribution in [0.1, 0.15) is 70.9 Å². The van der Waals surface area contributed by atoms with E-state index >= 15 is 0 Å². The average Bonchev–Trinajstić information content (AvgIpc) is 2.56. The van der Waals surface area contributed by atoms with E-state index in [1.54, 1.807) is 11.1 Å². The number of amides is 2. The van der Waals surface area contributed by atoms with Crippen molar-refractivity contribution in [1.29, 1.82) is 0 Å². The van der Waals surface area contributed by atoms with Crippen molar-refractivity contribution < 1.29 is 14.3 Å². The summed E-state index contributed by atoms with van der Waals surface area (Å²) in [5.41, 5.74) is 0.490. The number of carbonyl (C=O) groups excluding carboxylic acids is 2. The monoisotopic (exact) mass is 359 g/mol. The van der Waals surface area contributed by atoms with Crippen molar-refractivity contribution in [1.82, 2.24) is 9.88 Å². The van der Waals surface area contributed by atoms with Crippen LogP contribution in [0, 0.1) is 0 Å². The Labute approximate surface area is 155 Å². The van der Waals surface area contributed by atoms with Gasteiger partial charge in [-0.15, -0.1) is 0 Å². The molecule has 2 aliphatic rings. The average molecular weight is 359 g/mol. The van der Waals surface area contributed by atoms with E-state index < -0.39 is 5.60 Å². The van der Waals surface area contributed by atoms with Gasteiger partial charge in [0, 0.05) is 18.8 Å². The maximum Gasteiger partial charge on any atom is 0.416 e. The maximum atomic E-state index is 12.7. The highest BCUT2D eigenvalue weighted by Crippen LogP contribution is 2.33. The van der Waals surface area contributed by atoms with Gasteiger partial charge in [0.15, 0.2) is 0 Å². The molecule has 2 heterocycles. The lowest BCUT2D eigenvalue weighted by molar-refractivity contribution is -0.121. The van der Waals surface area contributed by atoms with E-state index in [-0.39, 0.29) is 18.2 Å². The molecule has 6 heteroatoms. The zero-order valence-corrected chi connectivity index (χ0v) is 16.0. The smallest absolute Gasteiger partial charge is 0.416 e. The molecule has 142 valence electrons. The van der Waals surface area contributed by atoms with E-state index in [1.165, 1.54) is 0 Å². The first-order valence-electron chi connectivity index (χ1n) is 9.58. The molecule has 1 aromatic rings. The lowest BCUT2D eigenvalue weighted by atomic mass is 9.91. The number of nitrogens with zero attached hydrogens (tertiary/aromatic N) is 3. The minimum atomic E-state index is -0.536. The largest absolute Gasteiger partial charge is 0.443 e. The third-order valence-electron chi connectivity index (χ3n) is 5.11. The summed E-state index contributed by atoms with van der Waals surface area (Å²) in [4.78, 5) is 32.1. The molecule has 3 rings (SSSR count). The lowest BCUT2D eigenvalue weighted by Gasteiger charge is -2.37. The van der Waals surface area contributed by atoms with Crippen molar-refractivity contribution >= 4 is 18.3 Å². The molecule has 1 saturated heterocycles. The van der Waals surface area contributed by atoms with Crippen LogP contribution >= 0.6 is 0 Å². The zero-order chi connectivity index (χ0) is 18.7. The molecular weight excluding hydrogens is 330 g/mol. The number of hydrogen-bond donors (Lipinski definition) is 0. The van der Waals surface area contributed by atoms with Crippen molar-refractivity contribution in [3.8, 4) is 0 Å². The number of likely N-dealkylation sites (tertiary alicyclic amines) is 1. The van der Waals surface area contributed by atoms with Crippen LogP contribution in [0.3, 0.4) is 0 Å². The van der Waals surface area contributed by atoms with Crippen LogP contribution in [-0.4, -0.2) is 40.6 Å². The van der Waals surface area contributed by atoms with Crippen LogP contribution in [0.5, 0.6) is 0 Å². The molecule has 6 nitrogen and oxygen atoms in total. The van der Waals surface area contributed by atoms with Gasteiger partial charge in [0.2, 0.25) is 6.41 Å². The van der Waals surface area contributed by atoms with Gasteiger partial charge in [-0.05, 0) is 70.9 Å². The Morgan fingerprint density at radius 1 is 1.23 bits per heavy atom. The summed E-state index contributed by atoms with van der Waals surface area (Å²) in [6.07, 6.45) is 8.59. The number of aromatic nitrogens is 1. The number of rotatable bonds is 4. The van der Waals surface area contributed by atoms with Crippen LogP contribution in [0.2, 0.25) is 0 Å². The van der Waals surface area contributed by atoms with Gasteiger partial charge in [0.05, 0.1) is 6.04 Å². The Hall–Kier alpha value is -2.11. The van der Waals surface area contributed by atoms with E-state index in [2.05, 4.69) is 4.98 Å². The molecule has 2 fully saturated rings. The number of anilines is 1. The molecule has 2 amide bonds. The molecule has 1 aliphatic carbocycles. The molecule has 1 aliphatic heterocycles. The molecule has 0 spiro atoms. The van der Waals surface area contributed by atoms with E-state index in [9.17, 15) is 9.59 Å². The molecule has 0 aromatic carbocycles. The Bertz CT molecular complexity index is 635. The highest BCUT2D eigenvalue weighted by Gasteiger charge is 2.34. The van der Waals surface area contributed by atoms with Gasteiger partial charge >= 0.3 is 6.09 Å². The SMILES string of the molecule is CC(C)(C)OC(=O)N(c1ccc([C@H]2CCCCN2C=O)cn1)C1CCC1. The van der Waals surface area contributed by atoms with Gasteiger partial charge in [-0.1, -0.05) is 6.07 Å². The molecule has 26 heavy (non-hydrogen) atoms. The first kappa shape index (κ1) is 18.7. The van der Waals surface area contributed by atoms with Crippen LogP contribution in [0.25, 0.3) is 0 Å². The predicted octanol–water partition coefficient (Wildman–Crippen LogP) is 4.06. The number of hydrogen-bond acceptors (Lipinski definition) is 4. The van der Waals surface area contributed by atoms with E-state index in [1.807, 2.05) is 37.8 Å². The molecule has 0 bridgehead atoms. The third kappa shape index (κ3) is 4.17. The predicted molar refractivity (Wildman–Crippen MR) is 100.0 cm³/mol. The molecular formula is C20H29N3O3. The minimum absolute atomic E-state index is 0.0847. The van der Waals surface area contributed by atoms with Gasteiger partial charge in [-0.25, -0.2) is 9.78 Å². The molecule has 1 atom stereocenters. The fourth-order valence-electron chi connectivity index (χ4n) is 3.56. The number of piperidine rings is 1. The second-order valence-corrected chi connectivity index (χ2v) is 8.24. The van der Waals surface area contributed by atoms with Crippen molar-refractivity contribution in [2.45, 2.75) is 77.0 Å². The van der Waals surface area contributed by atoms with Crippen molar-refractivity contribution in [3.63, 3.8) is 0 Å². The second-order valence-electron chi connectivity index (χ2n) is 8.24. The first-order chi connectivity index (χ1) is 12.4. The minimum Gasteiger partial charge on any atom is -0.443 e. The van der Waals surface area contributed by atoms with Crippen LogP contribution < -0.4 is 4.90 Å². The van der Waals surface area contributed by atoms with Gasteiger partial charge in [0.1, 0.15) is 11.4 Å². The summed E-state index contributed by atoms with van der Waals surface area (Å²) < 4.78 is 5.58. The van der Waals surface area contributed by atoms with E-state index in [0.29, 0.717) is 5.82 Å².